The second-order valence-corrected chi connectivity index (χ2v) is 4.66. The summed E-state index contributed by atoms with van der Waals surface area (Å²) in [6.07, 6.45) is 10.0. The minimum atomic E-state index is -1.54. The van der Waals surface area contributed by atoms with Gasteiger partial charge in [-0.1, -0.05) is 23.2 Å². The van der Waals surface area contributed by atoms with Gasteiger partial charge in [-0.3, -0.25) is 0 Å². The van der Waals surface area contributed by atoms with E-state index in [2.05, 4.69) is 13.3 Å². The van der Waals surface area contributed by atoms with Crippen LogP contribution in [0.5, 0.6) is 11.5 Å². The van der Waals surface area contributed by atoms with Crippen molar-refractivity contribution in [1.82, 2.24) is 0 Å². The van der Waals surface area contributed by atoms with Crippen LogP contribution in [0.2, 0.25) is 0 Å². The first-order chi connectivity index (χ1) is 9.36. The fourth-order valence-corrected chi connectivity index (χ4v) is 2.36. The molecule has 1 aromatic carbocycles. The molecule has 7 heteroatoms. The predicted molar refractivity (Wildman–Crippen MR) is 68.7 cm³/mol. The van der Waals surface area contributed by atoms with Crippen LogP contribution < -0.4 is 8.85 Å². The third-order valence-electron chi connectivity index (χ3n) is 1.79. The summed E-state index contributed by atoms with van der Waals surface area (Å²) in [7, 11) is -1.54. The number of hydrogen-bond donors (Lipinski definition) is 0. The van der Waals surface area contributed by atoms with Crippen molar-refractivity contribution in [3.8, 4) is 11.5 Å². The van der Waals surface area contributed by atoms with Crippen LogP contribution >= 0.6 is 11.1 Å². The third-order valence-corrected chi connectivity index (χ3v) is 3.01. The summed E-state index contributed by atoms with van der Waals surface area (Å²) in [5, 5.41) is 0. The number of halogens is 1. The SMILES string of the molecule is Cl[Si]1Oc2ccccc2O1.[C-]#[O+].[C-]#[O+].[CH]1[CH][CH][CH][CH]1.[Fe]. The number of para-hydroxylation sites is 2. The molecule has 4 nitrogen and oxygen atoms in total. The number of fused-ring (bicyclic) bond motifs is 1. The molecule has 0 aromatic heterocycles. The van der Waals surface area contributed by atoms with Gasteiger partial charge in [0.2, 0.25) is 0 Å². The van der Waals surface area contributed by atoms with Crippen LogP contribution in [0.3, 0.4) is 0 Å². The number of benzene rings is 1. The summed E-state index contributed by atoms with van der Waals surface area (Å²) in [6.45, 7) is 9.00. The van der Waals surface area contributed by atoms with Crippen LogP contribution in [0, 0.1) is 45.4 Å². The molecule has 0 atom stereocenters. The van der Waals surface area contributed by atoms with Crippen molar-refractivity contribution in [3.63, 3.8) is 0 Å². The molecule has 0 N–H and O–H groups in total. The van der Waals surface area contributed by atoms with Crippen molar-refractivity contribution in [2.45, 2.75) is 0 Å². The van der Waals surface area contributed by atoms with E-state index in [1.807, 2.05) is 56.4 Å². The standard InChI is InChI=1S/C6H4ClO2Si.C5H5.2CO.Fe/c7-10-8-5-3-1-2-4-6(5)9-10;1-2-4-5-3-1;2*1-2;/h1-4H;1-5H;;;. The fourth-order valence-electron chi connectivity index (χ4n) is 1.13. The quantitative estimate of drug-likeness (QED) is 0.313. The van der Waals surface area contributed by atoms with E-state index in [-0.39, 0.29) is 17.1 Å². The molecule has 1 aromatic rings. The van der Waals surface area contributed by atoms with Gasteiger partial charge in [0.25, 0.3) is 0 Å². The van der Waals surface area contributed by atoms with E-state index in [1.165, 1.54) is 0 Å². The molecule has 0 saturated heterocycles. The minimum Gasteiger partial charge on any atom is -0.0312 e. The van der Waals surface area contributed by atoms with Gasteiger partial charge in [-0.15, -0.1) is 0 Å². The van der Waals surface area contributed by atoms with Crippen LogP contribution in [-0.2, 0) is 26.4 Å². The molecule has 3 rings (SSSR count). The Bertz CT molecular complexity index is 358. The Morgan fingerprint density at radius 1 is 0.800 bits per heavy atom. The smallest absolute Gasteiger partial charge is 0 e. The Labute approximate surface area is 136 Å². The van der Waals surface area contributed by atoms with Gasteiger partial charge in [-0.2, -0.15) is 0 Å². The molecule has 104 valence electrons. The zero-order valence-corrected chi connectivity index (χ0v) is 12.9. The summed E-state index contributed by atoms with van der Waals surface area (Å²) in [5.41, 5.74) is 0. The summed E-state index contributed by atoms with van der Waals surface area (Å²) in [4.78, 5) is 0. The minimum absolute atomic E-state index is 0. The summed E-state index contributed by atoms with van der Waals surface area (Å²) < 4.78 is 25.3. The van der Waals surface area contributed by atoms with Gasteiger partial charge >= 0.3 is 31.2 Å². The summed E-state index contributed by atoms with van der Waals surface area (Å²) in [6, 6.07) is 7.46. The van der Waals surface area contributed by atoms with Crippen molar-refractivity contribution in [2.75, 3.05) is 0 Å². The summed E-state index contributed by atoms with van der Waals surface area (Å²) in [5.74, 6) is 1.51. The normalized spacial score (nSPS) is 14.1. The van der Waals surface area contributed by atoms with Gasteiger partial charge in [0.15, 0.2) is 0 Å². The molecule has 6 radical (unpaired) electrons. The van der Waals surface area contributed by atoms with Gasteiger partial charge < -0.3 is 8.85 Å². The third kappa shape index (κ3) is 8.49. The Hall–Kier alpha value is -0.674. The van der Waals surface area contributed by atoms with E-state index in [4.69, 9.17) is 29.2 Å². The van der Waals surface area contributed by atoms with E-state index < -0.39 is 8.59 Å². The second kappa shape index (κ2) is 14.7. The molecule has 0 amide bonds. The maximum absolute atomic E-state index is 7.50. The Balaban J connectivity index is 0. The van der Waals surface area contributed by atoms with Gasteiger partial charge in [0.05, 0.1) is 0 Å². The first-order valence-electron chi connectivity index (χ1n) is 4.91. The molecule has 1 aliphatic heterocycles. The summed E-state index contributed by atoms with van der Waals surface area (Å²) >= 11 is 5.63. The molecule has 1 fully saturated rings. The van der Waals surface area contributed by atoms with Crippen molar-refractivity contribution >= 4 is 19.7 Å². The molecule has 0 spiro atoms. The van der Waals surface area contributed by atoms with Crippen LogP contribution in [0.25, 0.3) is 0 Å². The number of rotatable bonds is 0. The predicted octanol–water partition coefficient (Wildman–Crippen LogP) is 2.63. The van der Waals surface area contributed by atoms with Gasteiger partial charge in [0.1, 0.15) is 11.5 Å². The van der Waals surface area contributed by atoms with E-state index in [0.29, 0.717) is 0 Å². The van der Waals surface area contributed by atoms with Gasteiger partial charge in [-0.05, 0) is 44.2 Å². The van der Waals surface area contributed by atoms with E-state index in [9.17, 15) is 0 Å². The molecular formula is C13H9ClFeO4Si. The Kier molecular flexibility index (Phi) is 15.9. The maximum Gasteiger partial charge on any atom is 0 e. The Morgan fingerprint density at radius 3 is 1.40 bits per heavy atom. The van der Waals surface area contributed by atoms with Gasteiger partial charge in [0, 0.05) is 17.1 Å². The van der Waals surface area contributed by atoms with Crippen LogP contribution in [-0.4, -0.2) is 8.59 Å². The first kappa shape index (κ1) is 21.6. The molecule has 2 aliphatic rings. The van der Waals surface area contributed by atoms with Crippen LogP contribution in [0.1, 0.15) is 0 Å². The van der Waals surface area contributed by atoms with E-state index in [1.54, 1.807) is 0 Å². The van der Waals surface area contributed by atoms with Crippen LogP contribution in [0.4, 0.5) is 0 Å². The number of hydrogen-bond acceptors (Lipinski definition) is 2. The van der Waals surface area contributed by atoms with Crippen molar-refractivity contribution in [2.24, 2.45) is 0 Å². The average molecular weight is 349 g/mol. The van der Waals surface area contributed by atoms with Crippen LogP contribution in [0.15, 0.2) is 24.3 Å². The fraction of sp³-hybridized carbons (Fsp3) is 0. The monoisotopic (exact) mass is 348 g/mol. The van der Waals surface area contributed by atoms with Crippen molar-refractivity contribution in [3.05, 3.63) is 69.7 Å². The average Bonchev–Trinajstić information content (AvgIpc) is 3.14. The molecular weight excluding hydrogens is 340 g/mol. The van der Waals surface area contributed by atoms with E-state index >= 15 is 0 Å². The topological polar surface area (TPSA) is 58.3 Å². The molecule has 1 aliphatic carbocycles. The van der Waals surface area contributed by atoms with E-state index in [0.717, 1.165) is 11.5 Å². The second-order valence-electron chi connectivity index (χ2n) is 2.85. The van der Waals surface area contributed by atoms with Gasteiger partial charge in [-0.25, -0.2) is 0 Å². The van der Waals surface area contributed by atoms with Crippen molar-refractivity contribution in [1.29, 1.82) is 0 Å². The molecule has 1 heterocycles. The molecule has 0 bridgehead atoms. The van der Waals surface area contributed by atoms with Crippen molar-refractivity contribution < 1.29 is 35.2 Å². The zero-order valence-electron chi connectivity index (χ0n) is 10.1. The molecule has 0 unspecified atom stereocenters. The first-order valence-corrected chi connectivity index (χ1v) is 7.24. The zero-order chi connectivity index (χ0) is 14.5. The molecule has 20 heavy (non-hydrogen) atoms. The molecule has 1 saturated carbocycles. The largest absolute Gasteiger partial charge is 0.0312 e. The maximum atomic E-state index is 7.50. The Morgan fingerprint density at radius 2 is 1.10 bits per heavy atom.